The lowest BCUT2D eigenvalue weighted by Crippen LogP contribution is -2.35. The van der Waals surface area contributed by atoms with E-state index in [0.717, 1.165) is 25.7 Å². The van der Waals surface area contributed by atoms with Crippen LogP contribution >= 0.6 is 0 Å². The van der Waals surface area contributed by atoms with Gasteiger partial charge in [-0.1, -0.05) is 0 Å². The second kappa shape index (κ2) is 2.98. The van der Waals surface area contributed by atoms with Crippen LogP contribution in [-0.4, -0.2) is 17.5 Å². The summed E-state index contributed by atoms with van der Waals surface area (Å²) in [7, 11) is 0. The summed E-state index contributed by atoms with van der Waals surface area (Å²) in [6.45, 7) is 0.295. The summed E-state index contributed by atoms with van der Waals surface area (Å²) in [5, 5.41) is 8.93. The zero-order valence-electron chi connectivity index (χ0n) is 7.03. The van der Waals surface area contributed by atoms with Crippen LogP contribution in [0.5, 0.6) is 0 Å². The van der Waals surface area contributed by atoms with Crippen molar-refractivity contribution in [1.29, 1.82) is 0 Å². The van der Waals surface area contributed by atoms with Crippen molar-refractivity contribution in [2.75, 3.05) is 6.61 Å². The Hall–Kier alpha value is -0.700. The van der Waals surface area contributed by atoms with E-state index in [4.69, 9.17) is 14.6 Å². The molecule has 0 amide bonds. The zero-order valence-corrected chi connectivity index (χ0v) is 7.03. The van der Waals surface area contributed by atoms with Gasteiger partial charge in [0.1, 0.15) is 12.5 Å². The maximum Gasteiger partial charge on any atom is 0.249 e. The Morgan fingerprint density at radius 1 is 1.25 bits per heavy atom. The molecule has 2 aliphatic rings. The van der Waals surface area contributed by atoms with Crippen molar-refractivity contribution in [2.45, 2.75) is 31.5 Å². The fraction of sp³-hybridized carbons (Fsp3) is 0.778. The van der Waals surface area contributed by atoms with E-state index in [0.29, 0.717) is 12.5 Å². The van der Waals surface area contributed by atoms with E-state index in [-0.39, 0.29) is 5.79 Å². The fourth-order valence-corrected chi connectivity index (χ4v) is 1.87. The normalized spacial score (nSPS) is 27.1. The van der Waals surface area contributed by atoms with Gasteiger partial charge in [-0.25, -0.2) is 0 Å². The molecular formula is C9H14O3. The molecule has 3 heteroatoms. The molecule has 0 bridgehead atoms. The fourth-order valence-electron chi connectivity index (χ4n) is 1.87. The molecule has 1 fully saturated rings. The molecule has 0 saturated heterocycles. The molecule has 2 rings (SSSR count). The molecule has 0 unspecified atom stereocenters. The monoisotopic (exact) mass is 170 g/mol. The van der Waals surface area contributed by atoms with Crippen LogP contribution in [0.1, 0.15) is 25.7 Å². The van der Waals surface area contributed by atoms with Crippen LogP contribution in [0.25, 0.3) is 0 Å². The average Bonchev–Trinajstić information content (AvgIpc) is 2.55. The number of ether oxygens (including phenoxy) is 2. The highest BCUT2D eigenvalue weighted by Gasteiger charge is 2.39. The van der Waals surface area contributed by atoms with Gasteiger partial charge in [0, 0.05) is 19.4 Å². The molecule has 68 valence electrons. The Kier molecular flexibility index (Phi) is 1.97. The van der Waals surface area contributed by atoms with E-state index in [1.807, 2.05) is 0 Å². The molecule has 1 aliphatic carbocycles. The standard InChI is InChI=1S/C9H14O3/c10-7-8-1-3-9(4-2-8)11-5-6-12-9/h5-6,8,10H,1-4,7H2. The number of hydrogen-bond donors (Lipinski definition) is 1. The van der Waals surface area contributed by atoms with Crippen molar-refractivity contribution in [3.8, 4) is 0 Å². The molecule has 0 radical (unpaired) electrons. The Bertz CT molecular complexity index is 170. The van der Waals surface area contributed by atoms with E-state index in [1.165, 1.54) is 0 Å². The number of rotatable bonds is 1. The SMILES string of the molecule is OCC1CCC2(CC1)OC=CO2. The Morgan fingerprint density at radius 2 is 1.83 bits per heavy atom. The molecule has 0 aromatic rings. The quantitative estimate of drug-likeness (QED) is 0.646. The molecule has 1 saturated carbocycles. The van der Waals surface area contributed by atoms with Crippen molar-refractivity contribution in [3.05, 3.63) is 12.5 Å². The van der Waals surface area contributed by atoms with E-state index in [9.17, 15) is 0 Å². The summed E-state index contributed by atoms with van der Waals surface area (Å²) in [5.41, 5.74) is 0. The Morgan fingerprint density at radius 3 is 2.33 bits per heavy atom. The first-order valence-electron chi connectivity index (χ1n) is 4.46. The summed E-state index contributed by atoms with van der Waals surface area (Å²) in [6.07, 6.45) is 7.01. The van der Waals surface area contributed by atoms with E-state index < -0.39 is 0 Å². The predicted octanol–water partition coefficient (Wildman–Crippen LogP) is 1.38. The van der Waals surface area contributed by atoms with Crippen molar-refractivity contribution in [1.82, 2.24) is 0 Å². The van der Waals surface area contributed by atoms with Crippen LogP contribution in [-0.2, 0) is 9.47 Å². The first-order valence-corrected chi connectivity index (χ1v) is 4.46. The highest BCUT2D eigenvalue weighted by atomic mass is 16.7. The molecule has 3 nitrogen and oxygen atoms in total. The van der Waals surface area contributed by atoms with Crippen LogP contribution in [0.3, 0.4) is 0 Å². The molecule has 0 aromatic heterocycles. The number of aliphatic hydroxyl groups excluding tert-OH is 1. The third-order valence-electron chi connectivity index (χ3n) is 2.75. The minimum atomic E-state index is -0.369. The van der Waals surface area contributed by atoms with Crippen molar-refractivity contribution < 1.29 is 14.6 Å². The third-order valence-corrected chi connectivity index (χ3v) is 2.75. The molecule has 1 spiro atoms. The third kappa shape index (κ3) is 1.29. The lowest BCUT2D eigenvalue weighted by Gasteiger charge is -2.34. The summed E-state index contributed by atoms with van der Waals surface area (Å²) >= 11 is 0. The van der Waals surface area contributed by atoms with Gasteiger partial charge in [0.2, 0.25) is 5.79 Å². The first-order chi connectivity index (χ1) is 5.85. The largest absolute Gasteiger partial charge is 0.457 e. The van der Waals surface area contributed by atoms with Crippen molar-refractivity contribution in [2.24, 2.45) is 5.92 Å². The van der Waals surface area contributed by atoms with Crippen molar-refractivity contribution >= 4 is 0 Å². The molecule has 0 aromatic carbocycles. The summed E-state index contributed by atoms with van der Waals surface area (Å²) in [6, 6.07) is 0. The van der Waals surface area contributed by atoms with Crippen LogP contribution in [0.2, 0.25) is 0 Å². The second-order valence-corrected chi connectivity index (χ2v) is 3.54. The highest BCUT2D eigenvalue weighted by molar-refractivity contribution is 4.88. The molecule has 1 aliphatic heterocycles. The molecule has 1 N–H and O–H groups in total. The Labute approximate surface area is 72.0 Å². The smallest absolute Gasteiger partial charge is 0.249 e. The molecule has 0 atom stereocenters. The predicted molar refractivity (Wildman–Crippen MR) is 43.1 cm³/mol. The van der Waals surface area contributed by atoms with E-state index in [1.54, 1.807) is 12.5 Å². The first kappa shape index (κ1) is 7.92. The van der Waals surface area contributed by atoms with Gasteiger partial charge < -0.3 is 14.6 Å². The van der Waals surface area contributed by atoms with Gasteiger partial charge in [-0.15, -0.1) is 0 Å². The van der Waals surface area contributed by atoms with Gasteiger partial charge >= 0.3 is 0 Å². The number of aliphatic hydroxyl groups is 1. The van der Waals surface area contributed by atoms with Gasteiger partial charge in [0.05, 0.1) is 0 Å². The van der Waals surface area contributed by atoms with Gasteiger partial charge in [0.15, 0.2) is 0 Å². The molecule has 12 heavy (non-hydrogen) atoms. The van der Waals surface area contributed by atoms with Gasteiger partial charge in [-0.05, 0) is 18.8 Å². The summed E-state index contributed by atoms with van der Waals surface area (Å²) < 4.78 is 10.8. The highest BCUT2D eigenvalue weighted by Crippen LogP contribution is 2.38. The molecule has 1 heterocycles. The Balaban J connectivity index is 1.89. The van der Waals surface area contributed by atoms with Crippen LogP contribution in [0.4, 0.5) is 0 Å². The average molecular weight is 170 g/mol. The number of hydrogen-bond acceptors (Lipinski definition) is 3. The van der Waals surface area contributed by atoms with Gasteiger partial charge in [0.25, 0.3) is 0 Å². The molecular weight excluding hydrogens is 156 g/mol. The van der Waals surface area contributed by atoms with Crippen LogP contribution in [0.15, 0.2) is 12.5 Å². The maximum atomic E-state index is 8.93. The lowest BCUT2D eigenvalue weighted by atomic mass is 9.86. The van der Waals surface area contributed by atoms with Crippen LogP contribution < -0.4 is 0 Å². The van der Waals surface area contributed by atoms with E-state index >= 15 is 0 Å². The van der Waals surface area contributed by atoms with Gasteiger partial charge in [-0.2, -0.15) is 0 Å². The second-order valence-electron chi connectivity index (χ2n) is 3.54. The zero-order chi connectivity index (χ0) is 8.44. The van der Waals surface area contributed by atoms with Crippen LogP contribution in [0, 0.1) is 5.92 Å². The van der Waals surface area contributed by atoms with Gasteiger partial charge in [-0.3, -0.25) is 0 Å². The minimum absolute atomic E-state index is 0.295. The minimum Gasteiger partial charge on any atom is -0.457 e. The summed E-state index contributed by atoms with van der Waals surface area (Å²) in [5.74, 6) is 0.0782. The topological polar surface area (TPSA) is 38.7 Å². The van der Waals surface area contributed by atoms with Crippen molar-refractivity contribution in [3.63, 3.8) is 0 Å². The maximum absolute atomic E-state index is 8.93. The van der Waals surface area contributed by atoms with E-state index in [2.05, 4.69) is 0 Å². The summed E-state index contributed by atoms with van der Waals surface area (Å²) in [4.78, 5) is 0. The lowest BCUT2D eigenvalue weighted by molar-refractivity contribution is -0.170.